The molecule has 3 N–H and O–H groups in total. The fraction of sp³-hybridized carbons (Fsp3) is 0.357. The molecule has 116 valence electrons. The van der Waals surface area contributed by atoms with Crippen molar-refractivity contribution in [2.24, 2.45) is 0 Å². The predicted octanol–water partition coefficient (Wildman–Crippen LogP) is 0.453. The number of ether oxygens (including phenoxy) is 1. The second-order valence-corrected chi connectivity index (χ2v) is 5.17. The molecular formula is C14H16FN5O2. The molecule has 0 radical (unpaired) electrons. The number of anilines is 1. The number of methoxy groups -OCH3 is 1. The lowest BCUT2D eigenvalue weighted by Gasteiger charge is -2.27. The van der Waals surface area contributed by atoms with Crippen LogP contribution in [0.1, 0.15) is 16.8 Å². The van der Waals surface area contributed by atoms with E-state index in [1.54, 1.807) is 6.20 Å². The van der Waals surface area contributed by atoms with Gasteiger partial charge < -0.3 is 10.5 Å². The van der Waals surface area contributed by atoms with Gasteiger partial charge in [-0.2, -0.15) is 0 Å². The van der Waals surface area contributed by atoms with Crippen molar-refractivity contribution in [2.45, 2.75) is 19.5 Å². The molecule has 0 unspecified atom stereocenters. The number of hydrogen-bond acceptors (Lipinski definition) is 6. The van der Waals surface area contributed by atoms with E-state index in [0.29, 0.717) is 25.1 Å². The molecule has 2 aromatic heterocycles. The summed E-state index contributed by atoms with van der Waals surface area (Å²) in [5, 5.41) is 0. The summed E-state index contributed by atoms with van der Waals surface area (Å²) in [6.07, 6.45) is 2.21. The van der Waals surface area contributed by atoms with Gasteiger partial charge in [0, 0.05) is 32.3 Å². The van der Waals surface area contributed by atoms with Crippen LogP contribution >= 0.6 is 0 Å². The van der Waals surface area contributed by atoms with Crippen molar-refractivity contribution >= 4 is 5.95 Å². The van der Waals surface area contributed by atoms with Crippen LogP contribution in [-0.2, 0) is 19.5 Å². The number of nitrogens with two attached hydrogens (primary N) is 1. The van der Waals surface area contributed by atoms with Gasteiger partial charge in [-0.3, -0.25) is 14.7 Å². The lowest BCUT2D eigenvalue weighted by Crippen LogP contribution is -2.35. The molecule has 0 aromatic carbocycles. The van der Waals surface area contributed by atoms with Gasteiger partial charge in [-0.05, 0) is 11.6 Å². The first kappa shape index (κ1) is 14.5. The van der Waals surface area contributed by atoms with Gasteiger partial charge in [-0.15, -0.1) is 0 Å². The SMILES string of the molecule is COc1ncc(CN2CCc3nc(N)[nH]c(=O)c3C2)cc1F. The second-order valence-electron chi connectivity index (χ2n) is 5.17. The van der Waals surface area contributed by atoms with Crippen molar-refractivity contribution in [1.82, 2.24) is 19.9 Å². The van der Waals surface area contributed by atoms with Crippen molar-refractivity contribution in [3.63, 3.8) is 0 Å². The zero-order valence-electron chi connectivity index (χ0n) is 12.1. The summed E-state index contributed by atoms with van der Waals surface area (Å²) in [5.41, 5.74) is 7.40. The highest BCUT2D eigenvalue weighted by atomic mass is 19.1. The molecule has 0 fully saturated rings. The number of halogens is 1. The maximum atomic E-state index is 13.7. The smallest absolute Gasteiger partial charge is 0.257 e. The van der Waals surface area contributed by atoms with E-state index in [1.165, 1.54) is 13.2 Å². The van der Waals surface area contributed by atoms with Crippen LogP contribution in [0.2, 0.25) is 0 Å². The Kier molecular flexibility index (Phi) is 3.76. The number of nitrogens with one attached hydrogen (secondary N) is 1. The first-order valence-electron chi connectivity index (χ1n) is 6.85. The van der Waals surface area contributed by atoms with Gasteiger partial charge in [-0.1, -0.05) is 0 Å². The lowest BCUT2D eigenvalue weighted by molar-refractivity contribution is 0.241. The van der Waals surface area contributed by atoms with E-state index in [0.717, 1.165) is 17.8 Å². The maximum Gasteiger partial charge on any atom is 0.257 e. The molecule has 0 atom stereocenters. The predicted molar refractivity (Wildman–Crippen MR) is 77.8 cm³/mol. The molecule has 0 saturated carbocycles. The molecule has 1 aliphatic rings. The first-order valence-corrected chi connectivity index (χ1v) is 6.85. The third-order valence-electron chi connectivity index (χ3n) is 3.63. The van der Waals surface area contributed by atoms with Gasteiger partial charge in [0.05, 0.1) is 18.4 Å². The Morgan fingerprint density at radius 2 is 2.36 bits per heavy atom. The van der Waals surface area contributed by atoms with Crippen LogP contribution in [0.4, 0.5) is 10.3 Å². The second kappa shape index (κ2) is 5.72. The fourth-order valence-electron chi connectivity index (χ4n) is 2.59. The Labute approximate surface area is 126 Å². The highest BCUT2D eigenvalue weighted by Gasteiger charge is 2.21. The van der Waals surface area contributed by atoms with E-state index in [9.17, 15) is 9.18 Å². The molecule has 8 heteroatoms. The third kappa shape index (κ3) is 2.77. The zero-order chi connectivity index (χ0) is 15.7. The first-order chi connectivity index (χ1) is 10.6. The van der Waals surface area contributed by atoms with Crippen LogP contribution in [-0.4, -0.2) is 33.5 Å². The number of nitrogen functional groups attached to an aromatic ring is 1. The average molecular weight is 305 g/mol. The number of fused-ring (bicyclic) bond motifs is 1. The van der Waals surface area contributed by atoms with Gasteiger partial charge in [0.1, 0.15) is 0 Å². The van der Waals surface area contributed by atoms with Crippen LogP contribution < -0.4 is 16.0 Å². The van der Waals surface area contributed by atoms with E-state index in [2.05, 4.69) is 15.0 Å². The Morgan fingerprint density at radius 1 is 1.55 bits per heavy atom. The minimum Gasteiger partial charge on any atom is -0.479 e. The van der Waals surface area contributed by atoms with Crippen LogP contribution in [0, 0.1) is 5.82 Å². The van der Waals surface area contributed by atoms with Crippen molar-refractivity contribution in [3.8, 4) is 5.88 Å². The maximum absolute atomic E-state index is 13.7. The standard InChI is InChI=1S/C14H16FN5O2/c1-22-13-10(15)4-8(5-17-13)6-20-3-2-11-9(7-20)12(21)19-14(16)18-11/h4-5H,2-3,6-7H2,1H3,(H3,16,18,19,21). The van der Waals surface area contributed by atoms with E-state index in [-0.39, 0.29) is 17.4 Å². The molecule has 0 spiro atoms. The van der Waals surface area contributed by atoms with Crippen LogP contribution in [0.3, 0.4) is 0 Å². The minimum atomic E-state index is -0.496. The lowest BCUT2D eigenvalue weighted by atomic mass is 10.1. The van der Waals surface area contributed by atoms with Crippen molar-refractivity contribution in [3.05, 3.63) is 45.3 Å². The third-order valence-corrected chi connectivity index (χ3v) is 3.63. The quantitative estimate of drug-likeness (QED) is 0.854. The number of nitrogens with zero attached hydrogens (tertiary/aromatic N) is 3. The normalized spacial score (nSPS) is 14.6. The number of aromatic amines is 1. The number of aromatic nitrogens is 3. The molecule has 0 aliphatic carbocycles. The molecule has 0 amide bonds. The zero-order valence-corrected chi connectivity index (χ0v) is 12.1. The van der Waals surface area contributed by atoms with Gasteiger partial charge in [-0.25, -0.2) is 14.4 Å². The van der Waals surface area contributed by atoms with Crippen molar-refractivity contribution < 1.29 is 9.13 Å². The molecule has 0 saturated heterocycles. The summed E-state index contributed by atoms with van der Waals surface area (Å²) in [6.45, 7) is 1.67. The van der Waals surface area contributed by atoms with Gasteiger partial charge in [0.25, 0.3) is 5.56 Å². The molecule has 1 aliphatic heterocycles. The minimum absolute atomic E-state index is 0.0242. The molecule has 2 aromatic rings. The monoisotopic (exact) mass is 305 g/mol. The summed E-state index contributed by atoms with van der Waals surface area (Å²) >= 11 is 0. The molecule has 22 heavy (non-hydrogen) atoms. The van der Waals surface area contributed by atoms with Crippen molar-refractivity contribution in [1.29, 1.82) is 0 Å². The Balaban J connectivity index is 1.78. The van der Waals surface area contributed by atoms with Crippen molar-refractivity contribution in [2.75, 3.05) is 19.4 Å². The average Bonchev–Trinajstić information content (AvgIpc) is 2.48. The number of H-pyrrole nitrogens is 1. The summed E-state index contributed by atoms with van der Waals surface area (Å²) < 4.78 is 18.5. The Morgan fingerprint density at radius 3 is 3.09 bits per heavy atom. The molecule has 7 nitrogen and oxygen atoms in total. The topological polar surface area (TPSA) is 97.1 Å². The van der Waals surface area contributed by atoms with Gasteiger partial charge >= 0.3 is 0 Å². The molecular weight excluding hydrogens is 289 g/mol. The molecule has 3 heterocycles. The number of pyridine rings is 1. The van der Waals surface area contributed by atoms with Crippen LogP contribution in [0.25, 0.3) is 0 Å². The summed E-state index contributed by atoms with van der Waals surface area (Å²) in [5.74, 6) is -0.382. The summed E-state index contributed by atoms with van der Waals surface area (Å²) in [4.78, 5) is 24.5. The van der Waals surface area contributed by atoms with Crippen LogP contribution in [0.15, 0.2) is 17.1 Å². The number of hydrogen-bond donors (Lipinski definition) is 2. The van der Waals surface area contributed by atoms with E-state index in [1.807, 2.05) is 4.90 Å². The molecule has 0 bridgehead atoms. The summed E-state index contributed by atoms with van der Waals surface area (Å²) in [7, 11) is 1.37. The number of rotatable bonds is 3. The van der Waals surface area contributed by atoms with Crippen LogP contribution in [0.5, 0.6) is 5.88 Å². The fourth-order valence-corrected chi connectivity index (χ4v) is 2.59. The van der Waals surface area contributed by atoms with Gasteiger partial charge in [0.15, 0.2) is 5.82 Å². The van der Waals surface area contributed by atoms with E-state index in [4.69, 9.17) is 10.5 Å². The highest BCUT2D eigenvalue weighted by molar-refractivity contribution is 5.27. The Bertz CT molecular complexity index is 761. The summed E-state index contributed by atoms with van der Waals surface area (Å²) in [6, 6.07) is 1.40. The van der Waals surface area contributed by atoms with E-state index < -0.39 is 5.82 Å². The molecule has 3 rings (SSSR count). The highest BCUT2D eigenvalue weighted by Crippen LogP contribution is 2.19. The largest absolute Gasteiger partial charge is 0.479 e. The van der Waals surface area contributed by atoms with Gasteiger partial charge in [0.2, 0.25) is 11.8 Å². The van der Waals surface area contributed by atoms with E-state index >= 15 is 0 Å². The Hall–Kier alpha value is -2.48.